The first-order valence-corrected chi connectivity index (χ1v) is 10.7. The molecule has 0 N–H and O–H groups in total. The predicted molar refractivity (Wildman–Crippen MR) is 116 cm³/mol. The van der Waals surface area contributed by atoms with Crippen LogP contribution in [0.4, 0.5) is 0 Å². The number of rotatable bonds is 6. The van der Waals surface area contributed by atoms with Crippen LogP contribution in [0.1, 0.15) is 18.4 Å². The van der Waals surface area contributed by atoms with Crippen molar-refractivity contribution in [3.8, 4) is 17.0 Å². The van der Waals surface area contributed by atoms with Crippen LogP contribution in [0, 0.1) is 0 Å². The van der Waals surface area contributed by atoms with Gasteiger partial charge in [-0.05, 0) is 38.1 Å². The van der Waals surface area contributed by atoms with Gasteiger partial charge in [0.2, 0.25) is 0 Å². The standard InChI is InChI=1S/C23H30N4O4/c1-26-9-10-27(17-23(26)5-11-30-12-6-23)15-19-13-18(20-14-24-7-8-25-20)3-4-21(19)31-16-22(28)29-2/h3-4,7-8,13-14H,5-6,9-12,15-17H2,1-2H3. The molecule has 0 radical (unpaired) electrons. The van der Waals surface area contributed by atoms with E-state index < -0.39 is 5.97 Å². The lowest BCUT2D eigenvalue weighted by atomic mass is 9.86. The molecule has 4 rings (SSSR count). The summed E-state index contributed by atoms with van der Waals surface area (Å²) in [6.07, 6.45) is 7.19. The fourth-order valence-electron chi connectivity index (χ4n) is 4.46. The topological polar surface area (TPSA) is 77.0 Å². The molecule has 2 fully saturated rings. The van der Waals surface area contributed by atoms with Crippen LogP contribution in [0.15, 0.2) is 36.8 Å². The first-order chi connectivity index (χ1) is 15.1. The van der Waals surface area contributed by atoms with Crippen molar-refractivity contribution in [2.24, 2.45) is 0 Å². The molecule has 2 aromatic rings. The number of likely N-dealkylation sites (N-methyl/N-ethyl adjacent to an activating group) is 1. The van der Waals surface area contributed by atoms with E-state index in [9.17, 15) is 4.79 Å². The van der Waals surface area contributed by atoms with Crippen LogP contribution in [0.25, 0.3) is 11.3 Å². The molecule has 1 aromatic carbocycles. The third kappa shape index (κ3) is 5.03. The van der Waals surface area contributed by atoms with E-state index in [-0.39, 0.29) is 12.1 Å². The van der Waals surface area contributed by atoms with Crippen molar-refractivity contribution in [1.82, 2.24) is 19.8 Å². The molecule has 0 unspecified atom stereocenters. The molecule has 2 aliphatic rings. The molecule has 0 aliphatic carbocycles. The lowest BCUT2D eigenvalue weighted by Crippen LogP contribution is -2.62. The monoisotopic (exact) mass is 426 g/mol. The first-order valence-electron chi connectivity index (χ1n) is 10.7. The quantitative estimate of drug-likeness (QED) is 0.649. The number of aromatic nitrogens is 2. The molecule has 3 heterocycles. The van der Waals surface area contributed by atoms with Crippen molar-refractivity contribution in [2.75, 3.05) is 53.6 Å². The molecule has 0 amide bonds. The fraction of sp³-hybridized carbons (Fsp3) is 0.522. The summed E-state index contributed by atoms with van der Waals surface area (Å²) < 4.78 is 16.2. The van der Waals surface area contributed by atoms with E-state index in [1.165, 1.54) is 7.11 Å². The van der Waals surface area contributed by atoms with Gasteiger partial charge in [-0.1, -0.05) is 0 Å². The molecule has 8 heteroatoms. The van der Waals surface area contributed by atoms with Gasteiger partial charge in [-0.15, -0.1) is 0 Å². The Bertz CT molecular complexity index is 886. The Morgan fingerprint density at radius 3 is 2.81 bits per heavy atom. The Hall–Kier alpha value is -2.55. The average molecular weight is 427 g/mol. The summed E-state index contributed by atoms with van der Waals surface area (Å²) in [6, 6.07) is 5.94. The lowest BCUT2D eigenvalue weighted by molar-refractivity contribution is -0.142. The van der Waals surface area contributed by atoms with E-state index in [1.54, 1.807) is 18.6 Å². The molecule has 0 bridgehead atoms. The Morgan fingerprint density at radius 2 is 2.06 bits per heavy atom. The van der Waals surface area contributed by atoms with Crippen LogP contribution in [-0.2, 0) is 20.8 Å². The maximum Gasteiger partial charge on any atom is 0.343 e. The largest absolute Gasteiger partial charge is 0.482 e. The zero-order valence-corrected chi connectivity index (χ0v) is 18.2. The van der Waals surface area contributed by atoms with Crippen LogP contribution in [0.5, 0.6) is 5.75 Å². The summed E-state index contributed by atoms with van der Waals surface area (Å²) in [5.41, 5.74) is 2.97. The average Bonchev–Trinajstić information content (AvgIpc) is 2.81. The molecule has 0 atom stereocenters. The minimum Gasteiger partial charge on any atom is -0.482 e. The minimum atomic E-state index is -0.398. The Labute approximate surface area is 183 Å². The van der Waals surface area contributed by atoms with Crippen molar-refractivity contribution in [3.63, 3.8) is 0 Å². The lowest BCUT2D eigenvalue weighted by Gasteiger charge is -2.51. The van der Waals surface area contributed by atoms with Gasteiger partial charge in [0, 0.05) is 68.5 Å². The molecular formula is C23H30N4O4. The number of nitrogens with zero attached hydrogens (tertiary/aromatic N) is 4. The number of benzene rings is 1. The molecule has 1 spiro atoms. The number of ether oxygens (including phenoxy) is 3. The zero-order chi connectivity index (χ0) is 21.7. The summed E-state index contributed by atoms with van der Waals surface area (Å²) in [5.74, 6) is 0.294. The van der Waals surface area contributed by atoms with Gasteiger partial charge < -0.3 is 14.2 Å². The van der Waals surface area contributed by atoms with Crippen molar-refractivity contribution in [3.05, 3.63) is 42.4 Å². The minimum absolute atomic E-state index is 0.113. The molecule has 2 aliphatic heterocycles. The number of esters is 1. The van der Waals surface area contributed by atoms with E-state index in [0.29, 0.717) is 5.75 Å². The second-order valence-electron chi connectivity index (χ2n) is 8.25. The fourth-order valence-corrected chi connectivity index (χ4v) is 4.46. The molecule has 166 valence electrons. The molecule has 31 heavy (non-hydrogen) atoms. The molecule has 1 aromatic heterocycles. The summed E-state index contributed by atoms with van der Waals surface area (Å²) >= 11 is 0. The summed E-state index contributed by atoms with van der Waals surface area (Å²) in [5, 5.41) is 0. The van der Waals surface area contributed by atoms with Crippen molar-refractivity contribution in [1.29, 1.82) is 0 Å². The molecule has 0 saturated carbocycles. The van der Waals surface area contributed by atoms with Gasteiger partial charge in [-0.2, -0.15) is 0 Å². The van der Waals surface area contributed by atoms with E-state index in [4.69, 9.17) is 14.2 Å². The van der Waals surface area contributed by atoms with Crippen molar-refractivity contribution >= 4 is 5.97 Å². The van der Waals surface area contributed by atoms with Crippen LogP contribution < -0.4 is 4.74 Å². The third-order valence-corrected chi connectivity index (χ3v) is 6.39. The highest BCUT2D eigenvalue weighted by molar-refractivity contribution is 5.71. The van der Waals surface area contributed by atoms with Gasteiger partial charge in [0.15, 0.2) is 6.61 Å². The van der Waals surface area contributed by atoms with Crippen LogP contribution >= 0.6 is 0 Å². The number of carbonyl (C=O) groups excluding carboxylic acids is 1. The molecule has 2 saturated heterocycles. The van der Waals surface area contributed by atoms with E-state index in [1.807, 2.05) is 12.1 Å². The van der Waals surface area contributed by atoms with Gasteiger partial charge in [0.25, 0.3) is 0 Å². The maximum atomic E-state index is 11.6. The van der Waals surface area contributed by atoms with Crippen LogP contribution in [0.2, 0.25) is 0 Å². The van der Waals surface area contributed by atoms with Gasteiger partial charge in [0.1, 0.15) is 5.75 Å². The summed E-state index contributed by atoms with van der Waals surface area (Å²) in [7, 11) is 3.59. The van der Waals surface area contributed by atoms with E-state index in [2.05, 4.69) is 32.9 Å². The number of hydrogen-bond donors (Lipinski definition) is 0. The number of piperazine rings is 1. The zero-order valence-electron chi connectivity index (χ0n) is 18.2. The van der Waals surface area contributed by atoms with Gasteiger partial charge in [-0.25, -0.2) is 4.79 Å². The van der Waals surface area contributed by atoms with Gasteiger partial charge in [-0.3, -0.25) is 19.8 Å². The number of carbonyl (C=O) groups is 1. The molecule has 8 nitrogen and oxygen atoms in total. The second-order valence-corrected chi connectivity index (χ2v) is 8.25. The Kier molecular flexibility index (Phi) is 6.80. The summed E-state index contributed by atoms with van der Waals surface area (Å²) in [4.78, 5) is 25.2. The Morgan fingerprint density at radius 1 is 1.23 bits per heavy atom. The van der Waals surface area contributed by atoms with Gasteiger partial charge in [0.05, 0.1) is 19.0 Å². The maximum absolute atomic E-state index is 11.6. The van der Waals surface area contributed by atoms with Crippen molar-refractivity contribution in [2.45, 2.75) is 24.9 Å². The number of hydrogen-bond acceptors (Lipinski definition) is 8. The van der Waals surface area contributed by atoms with Gasteiger partial charge >= 0.3 is 5.97 Å². The highest BCUT2D eigenvalue weighted by atomic mass is 16.6. The Balaban J connectivity index is 1.57. The highest BCUT2D eigenvalue weighted by Crippen LogP contribution is 2.33. The third-order valence-electron chi connectivity index (χ3n) is 6.39. The normalized spacial score (nSPS) is 19.3. The second kappa shape index (κ2) is 9.72. The van der Waals surface area contributed by atoms with Crippen LogP contribution in [-0.4, -0.2) is 84.9 Å². The summed E-state index contributed by atoms with van der Waals surface area (Å²) in [6.45, 7) is 5.23. The smallest absolute Gasteiger partial charge is 0.343 e. The number of methoxy groups -OCH3 is 1. The van der Waals surface area contributed by atoms with Crippen molar-refractivity contribution < 1.29 is 19.0 Å². The SMILES string of the molecule is COC(=O)COc1ccc(-c2cnccn2)cc1CN1CCN(C)C2(CCOCC2)C1. The predicted octanol–water partition coefficient (Wildman–Crippen LogP) is 1.99. The van der Waals surface area contributed by atoms with Crippen LogP contribution in [0.3, 0.4) is 0 Å². The first kappa shape index (κ1) is 21.7. The van der Waals surface area contributed by atoms with E-state index in [0.717, 1.165) is 69.1 Å². The molecular weight excluding hydrogens is 396 g/mol. The highest BCUT2D eigenvalue weighted by Gasteiger charge is 2.40. The van der Waals surface area contributed by atoms with E-state index >= 15 is 0 Å².